The lowest BCUT2D eigenvalue weighted by Crippen LogP contribution is -2.55. The lowest BCUT2D eigenvalue weighted by Gasteiger charge is -2.45. The predicted octanol–water partition coefficient (Wildman–Crippen LogP) is 6.38. The molecular formula is C31H29Cl2F2NO6. The Hall–Kier alpha value is -3.08. The van der Waals surface area contributed by atoms with Gasteiger partial charge in [-0.15, -0.1) is 0 Å². The molecule has 42 heavy (non-hydrogen) atoms. The van der Waals surface area contributed by atoms with Gasteiger partial charge in [0, 0.05) is 15.6 Å². The molecule has 1 saturated heterocycles. The molecule has 3 atom stereocenters. The average Bonchev–Trinajstić information content (AvgIpc) is 3.19. The fraction of sp³-hybridized carbons (Fsp3) is 0.355. The van der Waals surface area contributed by atoms with Crippen molar-refractivity contribution in [3.63, 3.8) is 0 Å². The first kappa shape index (κ1) is 30.4. The molecule has 1 fully saturated rings. The van der Waals surface area contributed by atoms with Crippen molar-refractivity contribution in [1.29, 1.82) is 0 Å². The minimum absolute atomic E-state index is 0.143. The van der Waals surface area contributed by atoms with E-state index in [0.717, 1.165) is 11.0 Å². The van der Waals surface area contributed by atoms with Crippen LogP contribution in [0.4, 0.5) is 8.78 Å². The maximum absolute atomic E-state index is 16.5. The number of aliphatic carboxylic acids is 1. The molecule has 1 amide bonds. The Morgan fingerprint density at radius 3 is 2.24 bits per heavy atom. The van der Waals surface area contributed by atoms with Crippen LogP contribution < -0.4 is 0 Å². The van der Waals surface area contributed by atoms with Gasteiger partial charge in [0.05, 0.1) is 49.0 Å². The topological polar surface area (TPSA) is 96.3 Å². The number of rotatable bonds is 10. The molecule has 222 valence electrons. The number of amides is 1. The third kappa shape index (κ3) is 5.29. The average molecular weight is 620 g/mol. The molecule has 5 rings (SSSR count). The first-order valence-corrected chi connectivity index (χ1v) is 14.1. The lowest BCUT2D eigenvalue weighted by molar-refractivity contribution is -0.209. The number of benzene rings is 3. The quantitative estimate of drug-likeness (QED) is 0.273. The lowest BCUT2D eigenvalue weighted by atomic mass is 9.86. The van der Waals surface area contributed by atoms with Crippen LogP contribution in [-0.2, 0) is 25.6 Å². The van der Waals surface area contributed by atoms with Gasteiger partial charge in [-0.25, -0.2) is 8.78 Å². The van der Waals surface area contributed by atoms with Crippen molar-refractivity contribution in [2.75, 3.05) is 19.8 Å². The van der Waals surface area contributed by atoms with Gasteiger partial charge < -0.3 is 19.7 Å². The molecule has 0 saturated carbocycles. The normalized spacial score (nSPS) is 21.4. The number of halogens is 4. The summed E-state index contributed by atoms with van der Waals surface area (Å²) in [6, 6.07) is 13.6. The zero-order valence-corrected chi connectivity index (χ0v) is 24.4. The molecule has 0 aliphatic carbocycles. The van der Waals surface area contributed by atoms with Gasteiger partial charge in [-0.3, -0.25) is 14.5 Å². The van der Waals surface area contributed by atoms with E-state index in [2.05, 4.69) is 0 Å². The number of aliphatic hydroxyl groups is 1. The van der Waals surface area contributed by atoms with Crippen molar-refractivity contribution in [3.05, 3.63) is 104 Å². The smallest absolute Gasteiger partial charge is 0.305 e. The zero-order valence-electron chi connectivity index (χ0n) is 22.9. The summed E-state index contributed by atoms with van der Waals surface area (Å²) in [7, 11) is 0. The molecule has 2 heterocycles. The van der Waals surface area contributed by atoms with Crippen molar-refractivity contribution < 1.29 is 38.1 Å². The van der Waals surface area contributed by atoms with E-state index >= 15 is 8.78 Å². The van der Waals surface area contributed by atoms with Crippen LogP contribution in [0, 0.1) is 5.82 Å². The van der Waals surface area contributed by atoms with E-state index in [9.17, 15) is 19.8 Å². The van der Waals surface area contributed by atoms with Crippen LogP contribution in [0.3, 0.4) is 0 Å². The summed E-state index contributed by atoms with van der Waals surface area (Å²) in [6.07, 6.45) is -0.371. The van der Waals surface area contributed by atoms with Crippen LogP contribution in [0.15, 0.2) is 60.7 Å². The number of fused-ring (bicyclic) bond motifs is 1. The molecule has 2 N–H and O–H groups in total. The summed E-state index contributed by atoms with van der Waals surface area (Å²) in [4.78, 5) is 27.9. The Morgan fingerprint density at radius 2 is 1.71 bits per heavy atom. The van der Waals surface area contributed by atoms with Crippen molar-refractivity contribution >= 4 is 35.1 Å². The highest BCUT2D eigenvalue weighted by molar-refractivity contribution is 6.30. The van der Waals surface area contributed by atoms with Crippen molar-refractivity contribution in [2.45, 2.75) is 49.7 Å². The van der Waals surface area contributed by atoms with Crippen LogP contribution in [0.25, 0.3) is 0 Å². The molecule has 3 aromatic carbocycles. The fourth-order valence-corrected chi connectivity index (χ4v) is 5.67. The minimum atomic E-state index is -2.12. The Bertz CT molecular complexity index is 1510. The molecule has 7 nitrogen and oxygen atoms in total. The number of alkyl halides is 1. The van der Waals surface area contributed by atoms with E-state index < -0.39 is 53.8 Å². The number of hydrogen-bond acceptors (Lipinski definition) is 5. The molecule has 2 aliphatic rings. The Labute approximate surface area is 251 Å². The molecule has 2 aliphatic heterocycles. The number of ether oxygens (including phenoxy) is 2. The van der Waals surface area contributed by atoms with E-state index in [-0.39, 0.29) is 41.9 Å². The standard InChI is InChI=1S/C31H29Cl2F2NO6/c1-3-29(2,40)20-12-23-27(24(34)13-20)31(19-6-10-22(33)11-7-19,42-17-30(35)15-41-16-30)36(28(23)39)25(14-26(37)38)18-4-8-21(32)9-5-18/h4-13,25,40H,3,14-17H2,1-2H3,(H,37,38)/t25-,29-,31+/m0/s1. The van der Waals surface area contributed by atoms with Gasteiger partial charge in [0.2, 0.25) is 5.72 Å². The predicted molar refractivity (Wildman–Crippen MR) is 152 cm³/mol. The molecule has 0 unspecified atom stereocenters. The molecular weight excluding hydrogens is 591 g/mol. The summed E-state index contributed by atoms with van der Waals surface area (Å²) in [5, 5.41) is 21.7. The first-order valence-electron chi connectivity index (χ1n) is 13.4. The fourth-order valence-electron chi connectivity index (χ4n) is 5.42. The number of carbonyl (C=O) groups is 2. The summed E-state index contributed by atoms with van der Waals surface area (Å²) < 4.78 is 43.3. The SMILES string of the molecule is CC[C@](C)(O)c1cc(F)c2c(c1)C(=O)N([C@@H](CC(=O)O)c1ccc(Cl)cc1)[C@@]2(OCC1(F)COC1)c1ccc(Cl)cc1. The van der Waals surface area contributed by atoms with Crippen LogP contribution >= 0.6 is 23.2 Å². The molecule has 0 aromatic heterocycles. The van der Waals surface area contributed by atoms with Crippen molar-refractivity contribution in [1.82, 2.24) is 4.90 Å². The molecule has 0 spiro atoms. The largest absolute Gasteiger partial charge is 0.481 e. The maximum atomic E-state index is 16.5. The van der Waals surface area contributed by atoms with Crippen LogP contribution in [-0.4, -0.2) is 52.5 Å². The maximum Gasteiger partial charge on any atom is 0.305 e. The van der Waals surface area contributed by atoms with Gasteiger partial charge in [-0.1, -0.05) is 54.4 Å². The first-order chi connectivity index (χ1) is 19.8. The minimum Gasteiger partial charge on any atom is -0.481 e. The van der Waals surface area contributed by atoms with E-state index in [0.29, 0.717) is 15.6 Å². The van der Waals surface area contributed by atoms with Gasteiger partial charge in [0.25, 0.3) is 5.91 Å². The Balaban J connectivity index is 1.83. The number of carboxylic acid groups (broad SMARTS) is 1. The second-order valence-corrected chi connectivity index (χ2v) is 11.8. The summed E-state index contributed by atoms with van der Waals surface area (Å²) in [6.45, 7) is 2.10. The van der Waals surface area contributed by atoms with Crippen LogP contribution in [0.5, 0.6) is 0 Å². The van der Waals surface area contributed by atoms with E-state index in [4.69, 9.17) is 32.7 Å². The number of carbonyl (C=O) groups excluding carboxylic acids is 1. The summed E-state index contributed by atoms with van der Waals surface area (Å²) in [5.41, 5.74) is -5.12. The van der Waals surface area contributed by atoms with Gasteiger partial charge >= 0.3 is 5.97 Å². The van der Waals surface area contributed by atoms with Gasteiger partial charge in [0.1, 0.15) is 5.82 Å². The number of nitrogens with zero attached hydrogens (tertiary/aromatic N) is 1. The Kier molecular flexibility index (Phi) is 8.10. The highest BCUT2D eigenvalue weighted by Crippen LogP contribution is 2.52. The number of hydrogen-bond donors (Lipinski definition) is 2. The van der Waals surface area contributed by atoms with E-state index in [1.807, 2.05) is 0 Å². The van der Waals surface area contributed by atoms with Crippen molar-refractivity contribution in [2.24, 2.45) is 0 Å². The third-order valence-electron chi connectivity index (χ3n) is 7.96. The summed E-state index contributed by atoms with van der Waals surface area (Å²) in [5.74, 6) is -2.88. The molecule has 0 radical (unpaired) electrons. The Morgan fingerprint density at radius 1 is 1.12 bits per heavy atom. The molecule has 3 aromatic rings. The van der Waals surface area contributed by atoms with E-state index in [1.54, 1.807) is 31.2 Å². The third-order valence-corrected chi connectivity index (χ3v) is 8.46. The second kappa shape index (κ2) is 11.2. The summed E-state index contributed by atoms with van der Waals surface area (Å²) >= 11 is 12.3. The molecule has 11 heteroatoms. The van der Waals surface area contributed by atoms with E-state index in [1.165, 1.54) is 37.3 Å². The van der Waals surface area contributed by atoms with Crippen LogP contribution in [0.1, 0.15) is 65.3 Å². The number of carboxylic acids is 1. The monoisotopic (exact) mass is 619 g/mol. The van der Waals surface area contributed by atoms with Crippen molar-refractivity contribution in [3.8, 4) is 0 Å². The molecule has 0 bridgehead atoms. The van der Waals surface area contributed by atoms with Crippen LogP contribution in [0.2, 0.25) is 10.0 Å². The van der Waals surface area contributed by atoms with Gasteiger partial charge in [-0.2, -0.15) is 0 Å². The van der Waals surface area contributed by atoms with Gasteiger partial charge in [0.15, 0.2) is 5.67 Å². The second-order valence-electron chi connectivity index (χ2n) is 10.9. The van der Waals surface area contributed by atoms with Gasteiger partial charge in [-0.05, 0) is 60.9 Å². The highest BCUT2D eigenvalue weighted by atomic mass is 35.5. The zero-order chi connectivity index (χ0) is 30.4. The highest BCUT2D eigenvalue weighted by Gasteiger charge is 2.58.